The van der Waals surface area contributed by atoms with E-state index in [4.69, 9.17) is 0 Å². The van der Waals surface area contributed by atoms with Gasteiger partial charge in [-0.3, -0.25) is 4.79 Å². The number of nitrogens with zero attached hydrogens (tertiary/aromatic N) is 1. The first kappa shape index (κ1) is 12.7. The van der Waals surface area contributed by atoms with E-state index in [1.54, 1.807) is 0 Å². The van der Waals surface area contributed by atoms with Gasteiger partial charge >= 0.3 is 0 Å². The van der Waals surface area contributed by atoms with Gasteiger partial charge in [0.15, 0.2) is 0 Å². The van der Waals surface area contributed by atoms with Crippen LogP contribution in [0.25, 0.3) is 0 Å². The van der Waals surface area contributed by atoms with Gasteiger partial charge in [0.05, 0.1) is 0 Å². The topological polar surface area (TPSA) is 46.1 Å². The van der Waals surface area contributed by atoms with Gasteiger partial charge in [-0.1, -0.05) is 6.92 Å². The quantitative estimate of drug-likeness (QED) is 0.870. The summed E-state index contributed by atoms with van der Waals surface area (Å²) in [5, 5.41) is 6.54. The molecule has 1 saturated carbocycles. The number of hydrogen-bond acceptors (Lipinski definition) is 2. The maximum Gasteiger partial charge on any atom is 0.267 e. The van der Waals surface area contributed by atoms with Crippen molar-refractivity contribution in [2.45, 2.75) is 38.6 Å². The largest absolute Gasteiger partial charge is 0.350 e. The standard InChI is InChI=1S/C15H23N3O/c1-15(7-3-8-16-10-15)11-17-14(19)13-4-2-9-18(13)12-5-6-12/h2,4,9,12,16H,3,5-8,10-11H2,1H3,(H,17,19). The first-order valence-corrected chi connectivity index (χ1v) is 7.34. The van der Waals surface area contributed by atoms with E-state index in [9.17, 15) is 4.79 Å². The van der Waals surface area contributed by atoms with Gasteiger partial charge in [-0.2, -0.15) is 0 Å². The van der Waals surface area contributed by atoms with Gasteiger partial charge in [-0.25, -0.2) is 0 Å². The molecule has 1 amide bonds. The number of nitrogens with one attached hydrogen (secondary N) is 2. The average Bonchev–Trinajstić information content (AvgIpc) is 3.14. The van der Waals surface area contributed by atoms with E-state index in [-0.39, 0.29) is 11.3 Å². The number of hydrogen-bond donors (Lipinski definition) is 2. The van der Waals surface area contributed by atoms with Crippen molar-refractivity contribution < 1.29 is 4.79 Å². The van der Waals surface area contributed by atoms with Crippen LogP contribution in [-0.4, -0.2) is 30.1 Å². The van der Waals surface area contributed by atoms with E-state index in [1.165, 1.54) is 25.7 Å². The van der Waals surface area contributed by atoms with E-state index in [0.717, 1.165) is 25.3 Å². The van der Waals surface area contributed by atoms with Crippen LogP contribution in [-0.2, 0) is 0 Å². The van der Waals surface area contributed by atoms with Crippen LogP contribution >= 0.6 is 0 Å². The molecule has 2 N–H and O–H groups in total. The molecule has 3 rings (SSSR count). The van der Waals surface area contributed by atoms with Crippen LogP contribution in [0, 0.1) is 5.41 Å². The van der Waals surface area contributed by atoms with Gasteiger partial charge < -0.3 is 15.2 Å². The van der Waals surface area contributed by atoms with Crippen molar-refractivity contribution in [3.05, 3.63) is 24.0 Å². The highest BCUT2D eigenvalue weighted by molar-refractivity contribution is 5.92. The minimum absolute atomic E-state index is 0.0729. The molecular weight excluding hydrogens is 238 g/mol. The van der Waals surface area contributed by atoms with E-state index in [1.807, 2.05) is 18.3 Å². The normalized spacial score (nSPS) is 27.2. The summed E-state index contributed by atoms with van der Waals surface area (Å²) in [4.78, 5) is 12.3. The first-order chi connectivity index (χ1) is 9.18. The smallest absolute Gasteiger partial charge is 0.267 e. The van der Waals surface area contributed by atoms with Gasteiger partial charge in [-0.05, 0) is 49.8 Å². The van der Waals surface area contributed by atoms with Gasteiger partial charge in [-0.15, -0.1) is 0 Å². The van der Waals surface area contributed by atoms with E-state index < -0.39 is 0 Å². The molecule has 4 nitrogen and oxygen atoms in total. The van der Waals surface area contributed by atoms with E-state index in [2.05, 4.69) is 22.1 Å². The number of amides is 1. The Balaban J connectivity index is 1.60. The Labute approximate surface area is 114 Å². The van der Waals surface area contributed by atoms with Crippen LogP contribution in [0.2, 0.25) is 0 Å². The molecule has 0 aromatic carbocycles. The maximum absolute atomic E-state index is 12.3. The number of aromatic nitrogens is 1. The fraction of sp³-hybridized carbons (Fsp3) is 0.667. The summed E-state index contributed by atoms with van der Waals surface area (Å²) < 4.78 is 2.12. The van der Waals surface area contributed by atoms with E-state index >= 15 is 0 Å². The van der Waals surface area contributed by atoms with Gasteiger partial charge in [0.25, 0.3) is 5.91 Å². The summed E-state index contributed by atoms with van der Waals surface area (Å²) in [6.45, 7) is 5.11. The van der Waals surface area contributed by atoms with Crippen molar-refractivity contribution in [2.24, 2.45) is 5.41 Å². The fourth-order valence-electron chi connectivity index (χ4n) is 2.91. The van der Waals surface area contributed by atoms with Gasteiger partial charge in [0, 0.05) is 25.3 Å². The first-order valence-electron chi connectivity index (χ1n) is 7.34. The highest BCUT2D eigenvalue weighted by atomic mass is 16.1. The second kappa shape index (κ2) is 5.00. The SMILES string of the molecule is CC1(CNC(=O)c2cccn2C2CC2)CCCNC1. The number of piperidine rings is 1. The number of carbonyl (C=O) groups is 1. The summed E-state index contributed by atoms with van der Waals surface area (Å²) in [5.41, 5.74) is 1.01. The van der Waals surface area contributed by atoms with Crippen molar-refractivity contribution in [1.82, 2.24) is 15.2 Å². The Morgan fingerprint density at radius 1 is 1.58 bits per heavy atom. The van der Waals surface area contributed by atoms with Crippen LogP contribution in [0.4, 0.5) is 0 Å². The molecular formula is C15H23N3O. The Morgan fingerprint density at radius 3 is 3.11 bits per heavy atom. The third-order valence-electron chi connectivity index (χ3n) is 4.31. The molecule has 4 heteroatoms. The molecule has 1 aliphatic carbocycles. The fourth-order valence-corrected chi connectivity index (χ4v) is 2.91. The minimum atomic E-state index is 0.0729. The Bertz CT molecular complexity index is 456. The predicted octanol–water partition coefficient (Wildman–Crippen LogP) is 1.94. The van der Waals surface area contributed by atoms with E-state index in [0.29, 0.717) is 6.04 Å². The lowest BCUT2D eigenvalue weighted by atomic mass is 9.83. The van der Waals surface area contributed by atoms with Crippen LogP contribution in [0.15, 0.2) is 18.3 Å². The molecule has 1 saturated heterocycles. The molecule has 1 atom stereocenters. The van der Waals surface area contributed by atoms with Crippen molar-refractivity contribution in [3.8, 4) is 0 Å². The molecule has 19 heavy (non-hydrogen) atoms. The highest BCUT2D eigenvalue weighted by Gasteiger charge is 2.29. The maximum atomic E-state index is 12.3. The van der Waals surface area contributed by atoms with Crippen molar-refractivity contribution >= 4 is 5.91 Å². The van der Waals surface area contributed by atoms with Crippen molar-refractivity contribution in [3.63, 3.8) is 0 Å². The lowest BCUT2D eigenvalue weighted by Gasteiger charge is -2.34. The van der Waals surface area contributed by atoms with Crippen LogP contribution in [0.5, 0.6) is 0 Å². The third kappa shape index (κ3) is 2.84. The molecule has 0 bridgehead atoms. The van der Waals surface area contributed by atoms with Crippen molar-refractivity contribution in [1.29, 1.82) is 0 Å². The molecule has 104 valence electrons. The molecule has 2 heterocycles. The summed E-state index contributed by atoms with van der Waals surface area (Å²) in [6.07, 6.45) is 6.82. The van der Waals surface area contributed by atoms with Crippen molar-refractivity contribution in [2.75, 3.05) is 19.6 Å². The van der Waals surface area contributed by atoms with Gasteiger partial charge in [0.2, 0.25) is 0 Å². The third-order valence-corrected chi connectivity index (χ3v) is 4.31. The molecule has 0 radical (unpaired) electrons. The number of rotatable bonds is 4. The lowest BCUT2D eigenvalue weighted by Crippen LogP contribution is -2.45. The molecule has 0 spiro atoms. The molecule has 1 aromatic heterocycles. The van der Waals surface area contributed by atoms with Gasteiger partial charge in [0.1, 0.15) is 5.69 Å². The Kier molecular flexibility index (Phi) is 3.35. The molecule has 1 aromatic rings. The zero-order valence-corrected chi connectivity index (χ0v) is 11.6. The van der Waals surface area contributed by atoms with Crippen LogP contribution in [0.3, 0.4) is 0 Å². The Morgan fingerprint density at radius 2 is 2.42 bits per heavy atom. The predicted molar refractivity (Wildman–Crippen MR) is 75.2 cm³/mol. The monoisotopic (exact) mass is 261 g/mol. The second-order valence-electron chi connectivity index (χ2n) is 6.31. The Hall–Kier alpha value is -1.29. The molecule has 1 aliphatic heterocycles. The zero-order chi connectivity index (χ0) is 13.3. The molecule has 2 fully saturated rings. The number of carbonyl (C=O) groups excluding carboxylic acids is 1. The average molecular weight is 261 g/mol. The summed E-state index contributed by atoms with van der Waals surface area (Å²) >= 11 is 0. The summed E-state index contributed by atoms with van der Waals surface area (Å²) in [5.74, 6) is 0.0729. The minimum Gasteiger partial charge on any atom is -0.350 e. The zero-order valence-electron chi connectivity index (χ0n) is 11.6. The molecule has 1 unspecified atom stereocenters. The second-order valence-corrected chi connectivity index (χ2v) is 6.31. The molecule has 2 aliphatic rings. The summed E-state index contributed by atoms with van der Waals surface area (Å²) in [7, 11) is 0. The highest BCUT2D eigenvalue weighted by Crippen LogP contribution is 2.36. The lowest BCUT2D eigenvalue weighted by molar-refractivity contribution is 0.0915. The van der Waals surface area contributed by atoms with Crippen LogP contribution < -0.4 is 10.6 Å². The summed E-state index contributed by atoms with van der Waals surface area (Å²) in [6, 6.07) is 4.45. The van der Waals surface area contributed by atoms with Crippen LogP contribution in [0.1, 0.15) is 49.1 Å².